The largest absolute Gasteiger partial charge is 0.573 e. The molecule has 9 heteroatoms. The van der Waals surface area contributed by atoms with Crippen molar-refractivity contribution in [1.82, 2.24) is 4.90 Å². The number of hydrogen-bond donors (Lipinski definition) is 1. The Hall–Kier alpha value is -3.25. The number of ether oxygens (including phenoxy) is 1. The SMILES string of the molecule is N#CC1(N(C(N)=O)c2ccc(OC(F)(F)F)cc2)CCN(Cc2ccccc2)CC1. The van der Waals surface area contributed by atoms with E-state index in [1.54, 1.807) is 0 Å². The molecule has 3 rings (SSSR count). The minimum absolute atomic E-state index is 0.245. The van der Waals surface area contributed by atoms with E-state index in [-0.39, 0.29) is 5.69 Å². The number of likely N-dealkylation sites (tertiary alicyclic amines) is 1. The van der Waals surface area contributed by atoms with E-state index < -0.39 is 23.7 Å². The summed E-state index contributed by atoms with van der Waals surface area (Å²) in [6.07, 6.45) is -4.09. The molecule has 2 aromatic carbocycles. The summed E-state index contributed by atoms with van der Waals surface area (Å²) in [5.41, 5.74) is 5.79. The summed E-state index contributed by atoms with van der Waals surface area (Å²) < 4.78 is 41.0. The molecule has 0 aliphatic carbocycles. The van der Waals surface area contributed by atoms with Gasteiger partial charge >= 0.3 is 12.4 Å². The maximum Gasteiger partial charge on any atom is 0.573 e. The van der Waals surface area contributed by atoms with E-state index in [4.69, 9.17) is 5.73 Å². The molecule has 2 N–H and O–H groups in total. The Morgan fingerprint density at radius 1 is 1.13 bits per heavy atom. The fourth-order valence-electron chi connectivity index (χ4n) is 3.69. The molecule has 2 amide bonds. The Morgan fingerprint density at radius 3 is 2.23 bits per heavy atom. The van der Waals surface area contributed by atoms with Crippen LogP contribution in [0.1, 0.15) is 18.4 Å². The molecule has 0 aromatic heterocycles. The highest BCUT2D eigenvalue weighted by molar-refractivity contribution is 5.93. The highest BCUT2D eigenvalue weighted by atomic mass is 19.4. The molecule has 1 heterocycles. The van der Waals surface area contributed by atoms with Gasteiger partial charge < -0.3 is 10.5 Å². The van der Waals surface area contributed by atoms with Crippen molar-refractivity contribution in [2.45, 2.75) is 31.3 Å². The van der Waals surface area contributed by atoms with Crippen molar-refractivity contribution in [3.63, 3.8) is 0 Å². The summed E-state index contributed by atoms with van der Waals surface area (Å²) in [5.74, 6) is -0.417. The van der Waals surface area contributed by atoms with Gasteiger partial charge in [-0.2, -0.15) is 5.26 Å². The fraction of sp³-hybridized carbons (Fsp3) is 0.333. The first kappa shape index (κ1) is 21.5. The van der Waals surface area contributed by atoms with Crippen LogP contribution in [0.5, 0.6) is 5.75 Å². The molecule has 0 atom stereocenters. The zero-order chi connectivity index (χ0) is 21.8. The lowest BCUT2D eigenvalue weighted by Crippen LogP contribution is -2.58. The number of urea groups is 1. The Balaban J connectivity index is 1.76. The molecule has 0 radical (unpaired) electrons. The van der Waals surface area contributed by atoms with E-state index in [1.807, 2.05) is 30.3 Å². The van der Waals surface area contributed by atoms with Gasteiger partial charge in [0.05, 0.1) is 6.07 Å². The number of halogens is 3. The molecular formula is C21H21F3N4O2. The molecule has 6 nitrogen and oxygen atoms in total. The van der Waals surface area contributed by atoms with Crippen molar-refractivity contribution in [2.75, 3.05) is 18.0 Å². The number of alkyl halides is 3. The van der Waals surface area contributed by atoms with E-state index in [2.05, 4.69) is 15.7 Å². The number of nitriles is 1. The van der Waals surface area contributed by atoms with Crippen LogP contribution < -0.4 is 15.4 Å². The van der Waals surface area contributed by atoms with Crippen LogP contribution in [0, 0.1) is 11.3 Å². The average molecular weight is 418 g/mol. The third-order valence-corrected chi connectivity index (χ3v) is 5.12. The lowest BCUT2D eigenvalue weighted by Gasteiger charge is -2.43. The summed E-state index contributed by atoms with van der Waals surface area (Å²) in [4.78, 5) is 15.6. The molecule has 1 fully saturated rings. The Morgan fingerprint density at radius 2 is 1.73 bits per heavy atom. The standard InChI is InChI=1S/C21H21F3N4O2/c22-21(23,24)30-18-8-6-17(7-9-18)28(19(26)29)20(15-25)10-12-27(13-11-20)14-16-4-2-1-3-5-16/h1-9H,10-14H2,(H2,26,29). The van der Waals surface area contributed by atoms with Gasteiger partial charge in [0.25, 0.3) is 0 Å². The molecule has 0 spiro atoms. The number of hydrogen-bond acceptors (Lipinski definition) is 4. The van der Waals surface area contributed by atoms with Crippen molar-refractivity contribution in [1.29, 1.82) is 5.26 Å². The van der Waals surface area contributed by atoms with Crippen LogP contribution in [0.4, 0.5) is 23.7 Å². The molecule has 0 saturated carbocycles. The zero-order valence-corrected chi connectivity index (χ0v) is 16.1. The lowest BCUT2D eigenvalue weighted by molar-refractivity contribution is -0.274. The molecule has 0 bridgehead atoms. The summed E-state index contributed by atoms with van der Waals surface area (Å²) >= 11 is 0. The van der Waals surface area contributed by atoms with Gasteiger partial charge in [-0.1, -0.05) is 30.3 Å². The molecule has 1 saturated heterocycles. The topological polar surface area (TPSA) is 82.6 Å². The van der Waals surface area contributed by atoms with Gasteiger partial charge in [-0.3, -0.25) is 9.80 Å². The number of carbonyl (C=O) groups is 1. The minimum atomic E-state index is -4.82. The Kier molecular flexibility index (Phi) is 6.17. The highest BCUT2D eigenvalue weighted by Crippen LogP contribution is 2.34. The first-order chi connectivity index (χ1) is 14.2. The summed E-state index contributed by atoms with van der Waals surface area (Å²) in [7, 11) is 0. The van der Waals surface area contributed by atoms with E-state index in [1.165, 1.54) is 17.0 Å². The van der Waals surface area contributed by atoms with E-state index >= 15 is 0 Å². The Labute approximate surface area is 172 Å². The van der Waals surface area contributed by atoms with Crippen molar-refractivity contribution in [3.05, 3.63) is 60.2 Å². The second-order valence-corrected chi connectivity index (χ2v) is 7.12. The summed E-state index contributed by atoms with van der Waals surface area (Å²) in [6.45, 7) is 1.87. The van der Waals surface area contributed by atoms with Crippen LogP contribution in [0.25, 0.3) is 0 Å². The number of nitrogens with two attached hydrogens (primary N) is 1. The number of nitrogens with zero attached hydrogens (tertiary/aromatic N) is 3. The van der Waals surface area contributed by atoms with Crippen molar-refractivity contribution < 1.29 is 22.7 Å². The monoisotopic (exact) mass is 418 g/mol. The molecule has 158 valence electrons. The third kappa shape index (κ3) is 5.02. The molecular weight excluding hydrogens is 397 g/mol. The number of amides is 2. The summed E-state index contributed by atoms with van der Waals surface area (Å²) in [5, 5.41) is 9.91. The predicted octanol–water partition coefficient (Wildman–Crippen LogP) is 4.03. The van der Waals surface area contributed by atoms with E-state index in [0.29, 0.717) is 25.9 Å². The number of rotatable bonds is 5. The second kappa shape index (κ2) is 8.63. The van der Waals surface area contributed by atoms with Gasteiger partial charge in [0.2, 0.25) is 0 Å². The van der Waals surface area contributed by atoms with Crippen LogP contribution in [0.3, 0.4) is 0 Å². The quantitative estimate of drug-likeness (QED) is 0.795. The fourth-order valence-corrected chi connectivity index (χ4v) is 3.69. The van der Waals surface area contributed by atoms with Gasteiger partial charge in [0.15, 0.2) is 0 Å². The second-order valence-electron chi connectivity index (χ2n) is 7.12. The van der Waals surface area contributed by atoms with Gasteiger partial charge in [0.1, 0.15) is 11.3 Å². The number of carbonyl (C=O) groups excluding carboxylic acids is 1. The Bertz CT molecular complexity index is 903. The van der Waals surface area contributed by atoms with E-state index in [0.717, 1.165) is 24.2 Å². The zero-order valence-electron chi connectivity index (χ0n) is 16.1. The predicted molar refractivity (Wildman–Crippen MR) is 104 cm³/mol. The molecule has 1 aliphatic heterocycles. The normalized spacial score (nSPS) is 16.5. The first-order valence-corrected chi connectivity index (χ1v) is 9.35. The van der Waals surface area contributed by atoms with Crippen LogP contribution in [-0.4, -0.2) is 35.9 Å². The molecule has 30 heavy (non-hydrogen) atoms. The first-order valence-electron chi connectivity index (χ1n) is 9.35. The van der Waals surface area contributed by atoms with Gasteiger partial charge in [-0.05, 0) is 42.7 Å². The van der Waals surface area contributed by atoms with Gasteiger partial charge in [-0.15, -0.1) is 13.2 Å². The van der Waals surface area contributed by atoms with Crippen LogP contribution in [0.2, 0.25) is 0 Å². The molecule has 0 unspecified atom stereocenters. The highest BCUT2D eigenvalue weighted by Gasteiger charge is 2.43. The number of benzene rings is 2. The van der Waals surface area contributed by atoms with Gasteiger partial charge in [-0.25, -0.2) is 4.79 Å². The van der Waals surface area contributed by atoms with Crippen molar-refractivity contribution in [3.8, 4) is 11.8 Å². The maximum atomic E-state index is 12.4. The lowest BCUT2D eigenvalue weighted by atomic mass is 9.86. The van der Waals surface area contributed by atoms with Gasteiger partial charge in [0, 0.05) is 25.3 Å². The molecule has 2 aromatic rings. The minimum Gasteiger partial charge on any atom is -0.406 e. The number of primary amides is 1. The summed E-state index contributed by atoms with van der Waals surface area (Å²) in [6, 6.07) is 16.1. The molecule has 1 aliphatic rings. The average Bonchev–Trinajstić information content (AvgIpc) is 2.70. The smallest absolute Gasteiger partial charge is 0.406 e. The number of piperidine rings is 1. The number of anilines is 1. The van der Waals surface area contributed by atoms with Crippen LogP contribution in [-0.2, 0) is 6.54 Å². The van der Waals surface area contributed by atoms with Crippen molar-refractivity contribution >= 4 is 11.7 Å². The maximum absolute atomic E-state index is 12.4. The van der Waals surface area contributed by atoms with Crippen LogP contribution in [0.15, 0.2) is 54.6 Å². The van der Waals surface area contributed by atoms with E-state index in [9.17, 15) is 23.2 Å². The van der Waals surface area contributed by atoms with Crippen molar-refractivity contribution in [2.24, 2.45) is 5.73 Å². The third-order valence-electron chi connectivity index (χ3n) is 5.12. The van der Waals surface area contributed by atoms with Crippen LogP contribution >= 0.6 is 0 Å².